The fourth-order valence-electron chi connectivity index (χ4n) is 1.45. The Morgan fingerprint density at radius 1 is 1.22 bits per heavy atom. The van der Waals surface area contributed by atoms with Crippen molar-refractivity contribution >= 4 is 22.7 Å². The van der Waals surface area contributed by atoms with Crippen molar-refractivity contribution in [2.24, 2.45) is 0 Å². The molecule has 2 aromatic rings. The van der Waals surface area contributed by atoms with Crippen LogP contribution in [0.3, 0.4) is 0 Å². The number of nitrogens with zero attached hydrogens (tertiary/aromatic N) is 1. The summed E-state index contributed by atoms with van der Waals surface area (Å²) < 4.78 is 40.9. The van der Waals surface area contributed by atoms with Crippen molar-refractivity contribution in [2.45, 2.75) is 5.51 Å². The quantitative estimate of drug-likeness (QED) is 0.789. The van der Waals surface area contributed by atoms with Gasteiger partial charge in [-0.15, -0.1) is 0 Å². The van der Waals surface area contributed by atoms with Gasteiger partial charge in [0.25, 0.3) is 0 Å². The van der Waals surface area contributed by atoms with Crippen LogP contribution < -0.4 is 4.74 Å². The zero-order valence-corrected chi connectivity index (χ0v) is 10.1. The molecule has 0 saturated carbocycles. The molecule has 2 nitrogen and oxygen atoms in total. The highest BCUT2D eigenvalue weighted by molar-refractivity contribution is 8.00. The maximum absolute atomic E-state index is 11.9. The van der Waals surface area contributed by atoms with Crippen molar-refractivity contribution in [3.63, 3.8) is 0 Å². The number of ether oxygens (including phenoxy) is 1. The van der Waals surface area contributed by atoms with Crippen molar-refractivity contribution in [3.05, 3.63) is 36.5 Å². The summed E-state index contributed by atoms with van der Waals surface area (Å²) in [5.41, 5.74) is -3.38. The standard InChI is InChI=1S/C12H10F3NOS/c13-12(14,15)18-6-5-17-10-7-9-3-1-2-4-11(9)16-8-10/h1-4,7-8H,5-6H2. The van der Waals surface area contributed by atoms with E-state index in [2.05, 4.69) is 4.98 Å². The third kappa shape index (κ3) is 3.80. The summed E-state index contributed by atoms with van der Waals surface area (Å²) >= 11 is -0.0890. The predicted octanol–water partition coefficient (Wildman–Crippen LogP) is 3.87. The summed E-state index contributed by atoms with van der Waals surface area (Å²) in [4.78, 5) is 4.15. The lowest BCUT2D eigenvalue weighted by molar-refractivity contribution is -0.0329. The molecular formula is C12H10F3NOS. The van der Waals surface area contributed by atoms with Crippen molar-refractivity contribution in [1.29, 1.82) is 0 Å². The first-order valence-corrected chi connectivity index (χ1v) is 6.21. The van der Waals surface area contributed by atoms with E-state index in [0.717, 1.165) is 10.9 Å². The first kappa shape index (κ1) is 13.0. The zero-order chi connectivity index (χ0) is 13.0. The fraction of sp³-hybridized carbons (Fsp3) is 0.250. The van der Waals surface area contributed by atoms with E-state index in [1.165, 1.54) is 6.20 Å². The van der Waals surface area contributed by atoms with Gasteiger partial charge in [-0.1, -0.05) is 18.2 Å². The molecule has 0 fully saturated rings. The van der Waals surface area contributed by atoms with E-state index in [9.17, 15) is 13.2 Å². The second-order valence-corrected chi connectivity index (χ2v) is 4.67. The van der Waals surface area contributed by atoms with E-state index >= 15 is 0 Å². The molecule has 18 heavy (non-hydrogen) atoms. The molecule has 0 radical (unpaired) electrons. The minimum absolute atomic E-state index is 0.00416. The molecule has 0 atom stereocenters. The minimum Gasteiger partial charge on any atom is -0.491 e. The number of thioether (sulfide) groups is 1. The molecule has 6 heteroatoms. The number of pyridine rings is 1. The Bertz CT molecular complexity index is 530. The summed E-state index contributed by atoms with van der Waals surface area (Å²) in [5, 5.41) is 0.901. The number of fused-ring (bicyclic) bond motifs is 1. The lowest BCUT2D eigenvalue weighted by Crippen LogP contribution is -2.07. The maximum atomic E-state index is 11.9. The zero-order valence-electron chi connectivity index (χ0n) is 9.28. The van der Waals surface area contributed by atoms with Crippen LogP contribution in [0.1, 0.15) is 0 Å². The van der Waals surface area contributed by atoms with Gasteiger partial charge in [-0.25, -0.2) is 0 Å². The number of benzene rings is 1. The number of rotatable bonds is 4. The van der Waals surface area contributed by atoms with Gasteiger partial charge in [-0.3, -0.25) is 4.98 Å². The van der Waals surface area contributed by atoms with E-state index < -0.39 is 5.51 Å². The largest absolute Gasteiger partial charge is 0.491 e. The number of halogens is 3. The predicted molar refractivity (Wildman–Crippen MR) is 65.8 cm³/mol. The molecular weight excluding hydrogens is 263 g/mol. The van der Waals surface area contributed by atoms with E-state index in [1.807, 2.05) is 24.3 Å². The van der Waals surface area contributed by atoms with Gasteiger partial charge in [-0.2, -0.15) is 13.2 Å². The number of hydrogen-bond acceptors (Lipinski definition) is 3. The van der Waals surface area contributed by atoms with Crippen LogP contribution in [0.4, 0.5) is 13.2 Å². The van der Waals surface area contributed by atoms with Crippen LogP contribution in [0.15, 0.2) is 36.5 Å². The maximum Gasteiger partial charge on any atom is 0.441 e. The van der Waals surface area contributed by atoms with Crippen molar-refractivity contribution < 1.29 is 17.9 Å². The molecule has 0 saturated heterocycles. The van der Waals surface area contributed by atoms with Crippen LogP contribution >= 0.6 is 11.8 Å². The SMILES string of the molecule is FC(F)(F)SCCOc1cnc2ccccc2c1. The van der Waals surface area contributed by atoms with Crippen LogP contribution in [-0.2, 0) is 0 Å². The third-order valence-electron chi connectivity index (χ3n) is 2.18. The highest BCUT2D eigenvalue weighted by Crippen LogP contribution is 2.29. The summed E-state index contributed by atoms with van der Waals surface area (Å²) in [6.45, 7) is 0.00416. The molecule has 2 rings (SSSR count). The van der Waals surface area contributed by atoms with Gasteiger partial charge in [0.2, 0.25) is 0 Å². The molecule has 0 aliphatic heterocycles. The van der Waals surface area contributed by atoms with Crippen LogP contribution in [0.25, 0.3) is 10.9 Å². The first-order valence-electron chi connectivity index (χ1n) is 5.23. The molecule has 1 aromatic carbocycles. The van der Waals surface area contributed by atoms with E-state index in [1.54, 1.807) is 6.07 Å². The van der Waals surface area contributed by atoms with Crippen LogP contribution in [0.5, 0.6) is 5.75 Å². The van der Waals surface area contributed by atoms with Crippen LogP contribution in [0.2, 0.25) is 0 Å². The first-order chi connectivity index (χ1) is 8.54. The third-order valence-corrected chi connectivity index (χ3v) is 2.88. The minimum atomic E-state index is -4.20. The summed E-state index contributed by atoms with van der Waals surface area (Å²) in [6, 6.07) is 9.24. The number of aromatic nitrogens is 1. The molecule has 0 N–H and O–H groups in total. The smallest absolute Gasteiger partial charge is 0.441 e. The lowest BCUT2D eigenvalue weighted by atomic mass is 10.2. The highest BCUT2D eigenvalue weighted by Gasteiger charge is 2.27. The summed E-state index contributed by atoms with van der Waals surface area (Å²) in [7, 11) is 0. The van der Waals surface area contributed by atoms with Crippen molar-refractivity contribution in [2.75, 3.05) is 12.4 Å². The molecule has 1 aromatic heterocycles. The van der Waals surface area contributed by atoms with E-state index in [4.69, 9.17) is 4.74 Å². The van der Waals surface area contributed by atoms with Gasteiger partial charge >= 0.3 is 5.51 Å². The fourth-order valence-corrected chi connectivity index (χ4v) is 1.84. The number of alkyl halides is 3. The van der Waals surface area contributed by atoms with E-state index in [0.29, 0.717) is 5.75 Å². The molecule has 0 aliphatic rings. The lowest BCUT2D eigenvalue weighted by Gasteiger charge is -2.08. The Morgan fingerprint density at radius 3 is 2.78 bits per heavy atom. The molecule has 0 spiro atoms. The monoisotopic (exact) mass is 273 g/mol. The Hall–Kier alpha value is -1.43. The Labute approximate surface area is 106 Å². The Morgan fingerprint density at radius 2 is 2.00 bits per heavy atom. The van der Waals surface area contributed by atoms with Gasteiger partial charge < -0.3 is 4.74 Å². The molecule has 0 bridgehead atoms. The average molecular weight is 273 g/mol. The number of para-hydroxylation sites is 1. The van der Waals surface area contributed by atoms with Crippen LogP contribution in [-0.4, -0.2) is 22.9 Å². The summed E-state index contributed by atoms with van der Waals surface area (Å²) in [5.74, 6) is 0.354. The second kappa shape index (κ2) is 5.48. The molecule has 1 heterocycles. The van der Waals surface area contributed by atoms with E-state index in [-0.39, 0.29) is 24.1 Å². The van der Waals surface area contributed by atoms with Gasteiger partial charge in [0, 0.05) is 11.1 Å². The van der Waals surface area contributed by atoms with Gasteiger partial charge in [0.05, 0.1) is 18.3 Å². The second-order valence-electron chi connectivity index (χ2n) is 3.51. The number of hydrogen-bond donors (Lipinski definition) is 0. The van der Waals surface area contributed by atoms with Gasteiger partial charge in [-0.05, 0) is 23.9 Å². The Kier molecular flexibility index (Phi) is 3.96. The Balaban J connectivity index is 1.92. The van der Waals surface area contributed by atoms with Gasteiger partial charge in [0.1, 0.15) is 5.75 Å². The van der Waals surface area contributed by atoms with Crippen LogP contribution in [0, 0.1) is 0 Å². The van der Waals surface area contributed by atoms with Crippen molar-refractivity contribution in [3.8, 4) is 5.75 Å². The summed E-state index contributed by atoms with van der Waals surface area (Å²) in [6.07, 6.45) is 1.51. The average Bonchev–Trinajstić information content (AvgIpc) is 2.33. The topological polar surface area (TPSA) is 22.1 Å². The molecule has 0 aliphatic carbocycles. The normalized spacial score (nSPS) is 11.7. The van der Waals surface area contributed by atoms with Crippen molar-refractivity contribution in [1.82, 2.24) is 4.98 Å². The van der Waals surface area contributed by atoms with Gasteiger partial charge in [0.15, 0.2) is 0 Å². The molecule has 0 unspecified atom stereocenters. The molecule has 0 amide bonds. The highest BCUT2D eigenvalue weighted by atomic mass is 32.2. The molecule has 96 valence electrons.